The van der Waals surface area contributed by atoms with E-state index in [9.17, 15) is 9.59 Å². The first-order chi connectivity index (χ1) is 8.48. The molecule has 1 atom stereocenters. The minimum absolute atomic E-state index is 0.214. The molecule has 8 nitrogen and oxygen atoms in total. The van der Waals surface area contributed by atoms with Gasteiger partial charge in [0.05, 0.1) is 20.6 Å². The smallest absolute Gasteiger partial charge is 0.469 e. The summed E-state index contributed by atoms with van der Waals surface area (Å²) in [6.45, 7) is 0. The molecule has 0 heterocycles. The van der Waals surface area contributed by atoms with Crippen LogP contribution < -0.4 is 4.98 Å². The maximum Gasteiger partial charge on any atom is 0.596 e. The van der Waals surface area contributed by atoms with E-state index in [1.54, 1.807) is 0 Å². The van der Waals surface area contributed by atoms with Crippen LogP contribution in [0.1, 0.15) is 6.42 Å². The Hall–Kier alpha value is -1.00. The molecule has 0 aliphatic heterocycles. The highest BCUT2D eigenvalue weighted by Gasteiger charge is 2.44. The first kappa shape index (κ1) is 17.0. The summed E-state index contributed by atoms with van der Waals surface area (Å²) in [5, 5.41) is 0. The normalized spacial score (nSPS) is 12.9. The van der Waals surface area contributed by atoms with Gasteiger partial charge in [-0.15, -0.1) is 0 Å². The van der Waals surface area contributed by atoms with E-state index in [2.05, 4.69) is 14.5 Å². The Kier molecular flexibility index (Phi) is 7.71. The minimum atomic E-state index is -3.20. The third-order valence-electron chi connectivity index (χ3n) is 2.24. The summed E-state index contributed by atoms with van der Waals surface area (Å²) >= 11 is 0. The fourth-order valence-electron chi connectivity index (χ4n) is 1.23. The third-order valence-corrected chi connectivity index (χ3v) is 4.56. The van der Waals surface area contributed by atoms with Gasteiger partial charge in [-0.05, 0) is 0 Å². The van der Waals surface area contributed by atoms with Crippen molar-refractivity contribution in [2.24, 2.45) is 0 Å². The largest absolute Gasteiger partial charge is 0.596 e. The van der Waals surface area contributed by atoms with Gasteiger partial charge in [0.25, 0.3) is 0 Å². The van der Waals surface area contributed by atoms with Crippen LogP contribution in [-0.2, 0) is 32.3 Å². The number of nitrogens with one attached hydrogen (secondary N) is 1. The van der Waals surface area contributed by atoms with Crippen molar-refractivity contribution in [3.8, 4) is 0 Å². The van der Waals surface area contributed by atoms with E-state index in [0.29, 0.717) is 0 Å². The van der Waals surface area contributed by atoms with Crippen LogP contribution >= 0.6 is 0 Å². The van der Waals surface area contributed by atoms with Gasteiger partial charge in [-0.3, -0.25) is 14.6 Å². The Balaban J connectivity index is 4.86. The third kappa shape index (κ3) is 4.70. The molecule has 1 unspecified atom stereocenters. The second-order valence-electron chi connectivity index (χ2n) is 3.17. The summed E-state index contributed by atoms with van der Waals surface area (Å²) in [4.78, 5) is 25.5. The molecule has 0 aromatic heterocycles. The van der Waals surface area contributed by atoms with Crippen molar-refractivity contribution in [2.75, 3.05) is 35.5 Å². The molecule has 18 heavy (non-hydrogen) atoms. The van der Waals surface area contributed by atoms with E-state index in [1.165, 1.54) is 35.5 Å². The fraction of sp³-hybridized carbons (Fsp3) is 0.778. The lowest BCUT2D eigenvalue weighted by molar-refractivity contribution is -0.149. The quantitative estimate of drug-likeness (QED) is 0.450. The van der Waals surface area contributed by atoms with Crippen molar-refractivity contribution in [3.05, 3.63) is 0 Å². The highest BCUT2D eigenvalue weighted by molar-refractivity contribution is 6.58. The van der Waals surface area contributed by atoms with E-state index in [-0.39, 0.29) is 6.42 Å². The first-order valence-corrected chi connectivity index (χ1v) is 6.78. The molecule has 0 aromatic rings. The highest BCUT2D eigenvalue weighted by atomic mass is 28.4. The molecule has 0 rings (SSSR count). The molecule has 0 saturated heterocycles. The number of carbonyl (C=O) groups is 2. The molecule has 9 heteroatoms. The molecule has 0 saturated carbocycles. The Morgan fingerprint density at radius 1 is 1.00 bits per heavy atom. The van der Waals surface area contributed by atoms with Crippen LogP contribution in [0.3, 0.4) is 0 Å². The predicted molar refractivity (Wildman–Crippen MR) is 62.4 cm³/mol. The van der Waals surface area contributed by atoms with Gasteiger partial charge < -0.3 is 22.8 Å². The number of rotatable bonds is 8. The van der Waals surface area contributed by atoms with Crippen molar-refractivity contribution in [1.82, 2.24) is 4.98 Å². The lowest BCUT2D eigenvalue weighted by Crippen LogP contribution is -2.62. The van der Waals surface area contributed by atoms with Crippen LogP contribution in [0.5, 0.6) is 0 Å². The fourth-order valence-corrected chi connectivity index (χ4v) is 2.73. The molecule has 0 spiro atoms. The van der Waals surface area contributed by atoms with Gasteiger partial charge in [0.15, 0.2) is 0 Å². The first-order valence-electron chi connectivity index (χ1n) is 5.06. The average molecular weight is 281 g/mol. The molecule has 0 fully saturated rings. The highest BCUT2D eigenvalue weighted by Crippen LogP contribution is 2.07. The van der Waals surface area contributed by atoms with Gasteiger partial charge in [0.1, 0.15) is 6.04 Å². The van der Waals surface area contributed by atoms with Gasteiger partial charge in [-0.25, -0.2) is 0 Å². The van der Waals surface area contributed by atoms with Crippen LogP contribution in [0, 0.1) is 0 Å². The summed E-state index contributed by atoms with van der Waals surface area (Å²) in [5.74, 6) is -1.20. The summed E-state index contributed by atoms with van der Waals surface area (Å²) in [6, 6.07) is -0.964. The lowest BCUT2D eigenvalue weighted by atomic mass is 10.2. The van der Waals surface area contributed by atoms with Crippen molar-refractivity contribution in [2.45, 2.75) is 12.5 Å². The summed E-state index contributed by atoms with van der Waals surface area (Å²) in [7, 11) is 3.36. The molecule has 106 valence electrons. The molecule has 0 radical (unpaired) electrons. The monoisotopic (exact) mass is 281 g/mol. The second-order valence-corrected chi connectivity index (χ2v) is 5.79. The topological polar surface area (TPSA) is 92.3 Å². The zero-order chi connectivity index (χ0) is 14.2. The maximum atomic E-state index is 11.6. The van der Waals surface area contributed by atoms with Gasteiger partial charge >= 0.3 is 20.9 Å². The Bertz CT molecular complexity index is 274. The molecule has 0 aliphatic carbocycles. The average Bonchev–Trinajstić information content (AvgIpc) is 2.42. The van der Waals surface area contributed by atoms with E-state index in [4.69, 9.17) is 13.3 Å². The van der Waals surface area contributed by atoms with Crippen molar-refractivity contribution >= 4 is 20.9 Å². The van der Waals surface area contributed by atoms with E-state index in [1.807, 2.05) is 0 Å². The standard InChI is InChI=1S/C9H19NO7Si/c1-13-8(11)6-7(9(12)14-2)10-18(15-3,16-4)17-5/h7,10H,6H2,1-5H3. The maximum absolute atomic E-state index is 11.6. The van der Waals surface area contributed by atoms with E-state index in [0.717, 1.165) is 0 Å². The molecular formula is C9H19NO7Si. The lowest BCUT2D eigenvalue weighted by Gasteiger charge is -2.27. The number of carbonyl (C=O) groups excluding carboxylic acids is 2. The number of hydrogen-bond donors (Lipinski definition) is 1. The van der Waals surface area contributed by atoms with E-state index < -0.39 is 26.9 Å². The SMILES string of the molecule is COC(=O)CC(N[Si](OC)(OC)OC)C(=O)OC. The van der Waals surface area contributed by atoms with Gasteiger partial charge in [0, 0.05) is 21.3 Å². The van der Waals surface area contributed by atoms with Gasteiger partial charge in [-0.1, -0.05) is 0 Å². The van der Waals surface area contributed by atoms with Crippen molar-refractivity contribution in [3.63, 3.8) is 0 Å². The molecule has 0 bridgehead atoms. The molecule has 0 amide bonds. The van der Waals surface area contributed by atoms with Crippen molar-refractivity contribution < 1.29 is 32.3 Å². The zero-order valence-electron chi connectivity index (χ0n) is 11.1. The van der Waals surface area contributed by atoms with Gasteiger partial charge in [0.2, 0.25) is 0 Å². The zero-order valence-corrected chi connectivity index (χ0v) is 12.1. The van der Waals surface area contributed by atoms with Crippen LogP contribution in [-0.4, -0.2) is 62.5 Å². The molecular weight excluding hydrogens is 262 g/mol. The van der Waals surface area contributed by atoms with Gasteiger partial charge in [-0.2, -0.15) is 0 Å². The van der Waals surface area contributed by atoms with E-state index >= 15 is 0 Å². The Morgan fingerprint density at radius 2 is 1.50 bits per heavy atom. The number of ether oxygens (including phenoxy) is 2. The predicted octanol–water partition coefficient (Wildman–Crippen LogP) is -0.944. The number of hydrogen-bond acceptors (Lipinski definition) is 8. The van der Waals surface area contributed by atoms with Crippen molar-refractivity contribution in [1.29, 1.82) is 0 Å². The van der Waals surface area contributed by atoms with Crippen LogP contribution in [0.25, 0.3) is 0 Å². The minimum Gasteiger partial charge on any atom is -0.469 e. The Labute approximate surface area is 107 Å². The Morgan fingerprint density at radius 3 is 1.83 bits per heavy atom. The molecule has 0 aliphatic rings. The second kappa shape index (κ2) is 8.16. The van der Waals surface area contributed by atoms with Crippen LogP contribution in [0.4, 0.5) is 0 Å². The van der Waals surface area contributed by atoms with Crippen LogP contribution in [0.2, 0.25) is 0 Å². The molecule has 0 aromatic carbocycles. The summed E-state index contributed by atoms with van der Waals surface area (Å²) < 4.78 is 24.4. The van der Waals surface area contributed by atoms with Crippen LogP contribution in [0.15, 0.2) is 0 Å². The summed E-state index contributed by atoms with van der Waals surface area (Å²) in [6.07, 6.45) is -0.214. The number of esters is 2. The number of methoxy groups -OCH3 is 2. The summed E-state index contributed by atoms with van der Waals surface area (Å²) in [5.41, 5.74) is 0. The molecule has 1 N–H and O–H groups in total.